The largest absolute Gasteiger partial charge is 0.481 e. The van der Waals surface area contributed by atoms with Crippen LogP contribution in [0.3, 0.4) is 0 Å². The van der Waals surface area contributed by atoms with Crippen LogP contribution >= 0.6 is 0 Å². The van der Waals surface area contributed by atoms with Crippen molar-refractivity contribution in [3.05, 3.63) is 0 Å². The minimum atomic E-state index is -0.777. The molecular weight excluding hydrogens is 260 g/mol. The number of hydrogen-bond acceptors (Lipinski definition) is 3. The number of carbonyl (C=O) groups is 3. The minimum absolute atomic E-state index is 0.0515. The number of nitrogens with one attached hydrogen (secondary N) is 1. The minimum Gasteiger partial charge on any atom is -0.481 e. The van der Waals surface area contributed by atoms with Crippen LogP contribution in [0.1, 0.15) is 39.5 Å². The average molecular weight is 284 g/mol. The van der Waals surface area contributed by atoms with Crippen molar-refractivity contribution < 1.29 is 19.5 Å². The monoisotopic (exact) mass is 284 g/mol. The Balaban J connectivity index is 2.42. The molecule has 0 atom stereocenters. The number of amides is 2. The summed E-state index contributed by atoms with van der Waals surface area (Å²) in [6, 6.07) is 0.0528. The highest BCUT2D eigenvalue weighted by atomic mass is 16.4. The Hall–Kier alpha value is -1.59. The van der Waals surface area contributed by atoms with Gasteiger partial charge >= 0.3 is 5.97 Å². The number of nitrogens with zero attached hydrogens (tertiary/aromatic N) is 1. The van der Waals surface area contributed by atoms with Crippen molar-refractivity contribution in [2.24, 2.45) is 11.8 Å². The normalized spacial score (nSPS) is 22.4. The van der Waals surface area contributed by atoms with Gasteiger partial charge in [-0.15, -0.1) is 0 Å². The van der Waals surface area contributed by atoms with Crippen LogP contribution in [-0.2, 0) is 14.4 Å². The molecule has 1 rings (SSSR count). The van der Waals surface area contributed by atoms with E-state index in [1.54, 1.807) is 7.05 Å². The molecule has 20 heavy (non-hydrogen) atoms. The first-order valence-corrected chi connectivity index (χ1v) is 7.08. The Morgan fingerprint density at radius 2 is 1.65 bits per heavy atom. The number of rotatable bonds is 5. The van der Waals surface area contributed by atoms with Gasteiger partial charge in [0.15, 0.2) is 0 Å². The van der Waals surface area contributed by atoms with Gasteiger partial charge in [0, 0.05) is 19.0 Å². The van der Waals surface area contributed by atoms with Crippen LogP contribution in [0.2, 0.25) is 0 Å². The zero-order valence-electron chi connectivity index (χ0n) is 12.4. The molecule has 0 spiro atoms. The molecule has 1 aliphatic rings. The molecule has 0 bridgehead atoms. The van der Waals surface area contributed by atoms with Crippen molar-refractivity contribution in [3.63, 3.8) is 0 Å². The maximum Gasteiger partial charge on any atom is 0.306 e. The predicted molar refractivity (Wildman–Crippen MR) is 74.0 cm³/mol. The van der Waals surface area contributed by atoms with Gasteiger partial charge in [0.25, 0.3) is 0 Å². The second-order valence-corrected chi connectivity index (χ2v) is 5.80. The van der Waals surface area contributed by atoms with Gasteiger partial charge in [-0.05, 0) is 39.5 Å². The molecule has 1 saturated carbocycles. The number of carboxylic acid groups (broad SMARTS) is 1. The molecule has 1 aliphatic carbocycles. The van der Waals surface area contributed by atoms with Gasteiger partial charge < -0.3 is 15.3 Å². The molecule has 2 N–H and O–H groups in total. The molecule has 0 heterocycles. The standard InChI is InChI=1S/C14H24N2O4/c1-9(2)15-12(17)8-16(3)13(18)10-4-6-11(7-5-10)14(19)20/h9-11H,4-8H2,1-3H3,(H,15,17)(H,19,20). The van der Waals surface area contributed by atoms with E-state index in [1.807, 2.05) is 13.8 Å². The lowest BCUT2D eigenvalue weighted by Crippen LogP contribution is -2.43. The fourth-order valence-electron chi connectivity index (χ4n) is 2.56. The van der Waals surface area contributed by atoms with E-state index in [4.69, 9.17) is 5.11 Å². The van der Waals surface area contributed by atoms with E-state index >= 15 is 0 Å². The molecule has 114 valence electrons. The summed E-state index contributed by atoms with van der Waals surface area (Å²) in [5.41, 5.74) is 0. The number of hydrogen-bond donors (Lipinski definition) is 2. The molecule has 6 heteroatoms. The third-order valence-corrected chi connectivity index (χ3v) is 3.63. The molecule has 0 aliphatic heterocycles. The van der Waals surface area contributed by atoms with Crippen LogP contribution in [-0.4, -0.2) is 47.4 Å². The van der Waals surface area contributed by atoms with Crippen LogP contribution in [0.5, 0.6) is 0 Å². The topological polar surface area (TPSA) is 86.7 Å². The van der Waals surface area contributed by atoms with Crippen molar-refractivity contribution in [3.8, 4) is 0 Å². The Kier molecular flexibility index (Phi) is 5.98. The Labute approximate surface area is 119 Å². The van der Waals surface area contributed by atoms with Crippen molar-refractivity contribution in [2.75, 3.05) is 13.6 Å². The zero-order chi connectivity index (χ0) is 15.3. The Morgan fingerprint density at radius 3 is 2.10 bits per heavy atom. The summed E-state index contributed by atoms with van der Waals surface area (Å²) in [6.45, 7) is 3.79. The van der Waals surface area contributed by atoms with Crippen LogP contribution in [0, 0.1) is 11.8 Å². The summed E-state index contributed by atoms with van der Waals surface area (Å²) in [4.78, 5) is 36.1. The molecule has 0 radical (unpaired) electrons. The molecule has 0 aromatic heterocycles. The van der Waals surface area contributed by atoms with Gasteiger partial charge in [-0.2, -0.15) is 0 Å². The first-order chi connectivity index (χ1) is 9.31. The summed E-state index contributed by atoms with van der Waals surface area (Å²) in [5.74, 6) is -1.49. The lowest BCUT2D eigenvalue weighted by molar-refractivity contribution is -0.145. The number of aliphatic carboxylic acids is 1. The molecule has 0 aromatic carbocycles. The first-order valence-electron chi connectivity index (χ1n) is 7.08. The second kappa shape index (κ2) is 7.26. The van der Waals surface area contributed by atoms with Crippen molar-refractivity contribution in [1.82, 2.24) is 10.2 Å². The summed E-state index contributed by atoms with van der Waals surface area (Å²) in [7, 11) is 1.62. The molecular formula is C14H24N2O4. The lowest BCUT2D eigenvalue weighted by Gasteiger charge is -2.28. The average Bonchev–Trinajstić information content (AvgIpc) is 2.36. The van der Waals surface area contributed by atoms with E-state index in [0.717, 1.165) is 0 Å². The number of carbonyl (C=O) groups excluding carboxylic acids is 2. The van der Waals surface area contributed by atoms with E-state index in [0.29, 0.717) is 25.7 Å². The Bertz CT molecular complexity index is 373. The maximum atomic E-state index is 12.2. The predicted octanol–water partition coefficient (Wildman–Crippen LogP) is 0.860. The third kappa shape index (κ3) is 4.83. The SMILES string of the molecule is CC(C)NC(=O)CN(C)C(=O)C1CCC(C(=O)O)CC1. The molecule has 0 aromatic rings. The summed E-state index contributed by atoms with van der Waals surface area (Å²) in [5, 5.41) is 11.7. The van der Waals surface area contributed by atoms with Crippen molar-refractivity contribution >= 4 is 17.8 Å². The van der Waals surface area contributed by atoms with E-state index in [-0.39, 0.29) is 36.2 Å². The van der Waals surface area contributed by atoms with E-state index in [2.05, 4.69) is 5.32 Å². The van der Waals surface area contributed by atoms with Gasteiger partial charge in [0.2, 0.25) is 11.8 Å². The smallest absolute Gasteiger partial charge is 0.306 e. The van der Waals surface area contributed by atoms with Gasteiger partial charge in [-0.25, -0.2) is 0 Å². The van der Waals surface area contributed by atoms with Gasteiger partial charge in [-0.3, -0.25) is 14.4 Å². The highest BCUT2D eigenvalue weighted by Gasteiger charge is 2.31. The summed E-state index contributed by atoms with van der Waals surface area (Å²) < 4.78 is 0. The number of likely N-dealkylation sites (N-methyl/N-ethyl adjacent to an activating group) is 1. The fourth-order valence-corrected chi connectivity index (χ4v) is 2.56. The van der Waals surface area contributed by atoms with Gasteiger partial charge in [0.05, 0.1) is 12.5 Å². The molecule has 6 nitrogen and oxygen atoms in total. The van der Waals surface area contributed by atoms with Crippen LogP contribution in [0.15, 0.2) is 0 Å². The highest BCUT2D eigenvalue weighted by Crippen LogP contribution is 2.29. The number of carboxylic acids is 1. The summed E-state index contributed by atoms with van der Waals surface area (Å²) in [6.07, 6.45) is 2.26. The molecule has 0 saturated heterocycles. The van der Waals surface area contributed by atoms with E-state index < -0.39 is 5.97 Å². The quantitative estimate of drug-likeness (QED) is 0.784. The van der Waals surface area contributed by atoms with E-state index in [1.165, 1.54) is 4.90 Å². The van der Waals surface area contributed by atoms with Gasteiger partial charge in [0.1, 0.15) is 0 Å². The van der Waals surface area contributed by atoms with Crippen LogP contribution < -0.4 is 5.32 Å². The van der Waals surface area contributed by atoms with Crippen LogP contribution in [0.25, 0.3) is 0 Å². The second-order valence-electron chi connectivity index (χ2n) is 5.80. The molecule has 2 amide bonds. The maximum absolute atomic E-state index is 12.2. The highest BCUT2D eigenvalue weighted by molar-refractivity contribution is 5.86. The lowest BCUT2D eigenvalue weighted by atomic mass is 9.81. The molecule has 1 fully saturated rings. The third-order valence-electron chi connectivity index (χ3n) is 3.63. The fraction of sp³-hybridized carbons (Fsp3) is 0.786. The Morgan fingerprint density at radius 1 is 1.15 bits per heavy atom. The zero-order valence-corrected chi connectivity index (χ0v) is 12.4. The van der Waals surface area contributed by atoms with Gasteiger partial charge in [-0.1, -0.05) is 0 Å². The summed E-state index contributed by atoms with van der Waals surface area (Å²) >= 11 is 0. The van der Waals surface area contributed by atoms with E-state index in [9.17, 15) is 14.4 Å². The van der Waals surface area contributed by atoms with Crippen molar-refractivity contribution in [2.45, 2.75) is 45.6 Å². The molecule has 0 unspecified atom stereocenters. The van der Waals surface area contributed by atoms with Crippen LogP contribution in [0.4, 0.5) is 0 Å². The first kappa shape index (κ1) is 16.5. The van der Waals surface area contributed by atoms with Crippen molar-refractivity contribution in [1.29, 1.82) is 0 Å².